The third kappa shape index (κ3) is 2.16. The maximum absolute atomic E-state index is 11.4. The predicted octanol–water partition coefficient (Wildman–Crippen LogP) is 0.958. The fraction of sp³-hybridized carbons (Fsp3) is 0.214. The monoisotopic (exact) mass is 271 g/mol. The molecule has 0 spiro atoms. The highest BCUT2D eigenvalue weighted by molar-refractivity contribution is 5.78. The van der Waals surface area contributed by atoms with Gasteiger partial charge in [-0.2, -0.15) is 0 Å². The van der Waals surface area contributed by atoms with Crippen LogP contribution in [0.2, 0.25) is 0 Å². The standard InChI is InChI=1S/C14H13N3O3/c18-13-5-12(15-8-16-13)17-6-9-3-1-2-4-10(9)11(7-17)14(19)20/h1-5,8,11H,6-7H2,(H,19,20)(H,15,16,18). The zero-order valence-corrected chi connectivity index (χ0v) is 10.6. The van der Waals surface area contributed by atoms with Crippen molar-refractivity contribution in [2.75, 3.05) is 11.4 Å². The molecule has 20 heavy (non-hydrogen) atoms. The number of carboxylic acids is 1. The Hall–Kier alpha value is -2.63. The lowest BCUT2D eigenvalue weighted by molar-refractivity contribution is -0.138. The van der Waals surface area contributed by atoms with Gasteiger partial charge in [-0.25, -0.2) is 4.98 Å². The van der Waals surface area contributed by atoms with Crippen LogP contribution in [0.3, 0.4) is 0 Å². The Morgan fingerprint density at radius 3 is 2.95 bits per heavy atom. The highest BCUT2D eigenvalue weighted by atomic mass is 16.4. The van der Waals surface area contributed by atoms with Gasteiger partial charge in [0.05, 0.1) is 12.2 Å². The highest BCUT2D eigenvalue weighted by Gasteiger charge is 2.30. The van der Waals surface area contributed by atoms with E-state index in [4.69, 9.17) is 0 Å². The van der Waals surface area contributed by atoms with E-state index >= 15 is 0 Å². The molecule has 0 saturated heterocycles. The van der Waals surface area contributed by atoms with Gasteiger partial charge in [-0.1, -0.05) is 24.3 Å². The molecule has 0 aliphatic carbocycles. The molecular formula is C14H13N3O3. The number of benzene rings is 1. The van der Waals surface area contributed by atoms with Gasteiger partial charge in [0.15, 0.2) is 0 Å². The lowest BCUT2D eigenvalue weighted by Crippen LogP contribution is -2.37. The van der Waals surface area contributed by atoms with E-state index < -0.39 is 11.9 Å². The summed E-state index contributed by atoms with van der Waals surface area (Å²) in [5, 5.41) is 9.39. The Labute approximate surface area is 114 Å². The molecule has 6 nitrogen and oxygen atoms in total. The van der Waals surface area contributed by atoms with Crippen LogP contribution in [0.25, 0.3) is 0 Å². The van der Waals surface area contributed by atoms with Gasteiger partial charge in [-0.15, -0.1) is 0 Å². The lowest BCUT2D eigenvalue weighted by Gasteiger charge is -2.33. The van der Waals surface area contributed by atoms with Crippen molar-refractivity contribution in [3.63, 3.8) is 0 Å². The SMILES string of the molecule is O=C(O)C1CN(c2cc(=O)[nH]cn2)Cc2ccccc21. The number of carboxylic acid groups (broad SMARTS) is 1. The van der Waals surface area contributed by atoms with Crippen LogP contribution in [-0.4, -0.2) is 27.6 Å². The molecule has 0 amide bonds. The van der Waals surface area contributed by atoms with Crippen LogP contribution in [-0.2, 0) is 11.3 Å². The molecule has 0 bridgehead atoms. The number of rotatable bonds is 2. The first-order valence-electron chi connectivity index (χ1n) is 6.25. The Balaban J connectivity index is 2.02. The van der Waals surface area contributed by atoms with Crippen LogP contribution in [0.5, 0.6) is 0 Å². The van der Waals surface area contributed by atoms with E-state index in [1.165, 1.54) is 12.4 Å². The summed E-state index contributed by atoms with van der Waals surface area (Å²) in [5.41, 5.74) is 1.54. The molecule has 1 aliphatic rings. The maximum Gasteiger partial charge on any atom is 0.312 e. The third-order valence-corrected chi connectivity index (χ3v) is 3.48. The predicted molar refractivity (Wildman–Crippen MR) is 72.7 cm³/mol. The average molecular weight is 271 g/mol. The molecule has 1 unspecified atom stereocenters. The van der Waals surface area contributed by atoms with E-state index in [0.717, 1.165) is 11.1 Å². The molecule has 1 aliphatic heterocycles. The van der Waals surface area contributed by atoms with Gasteiger partial charge in [0.1, 0.15) is 5.82 Å². The molecule has 6 heteroatoms. The molecule has 0 fully saturated rings. The summed E-state index contributed by atoms with van der Waals surface area (Å²) in [6.07, 6.45) is 1.33. The zero-order valence-electron chi connectivity index (χ0n) is 10.6. The van der Waals surface area contributed by atoms with Crippen molar-refractivity contribution in [2.45, 2.75) is 12.5 Å². The van der Waals surface area contributed by atoms with Gasteiger partial charge in [-0.05, 0) is 11.1 Å². The van der Waals surface area contributed by atoms with E-state index in [-0.39, 0.29) is 5.56 Å². The molecular weight excluding hydrogens is 258 g/mol. The number of aromatic nitrogens is 2. The van der Waals surface area contributed by atoms with Crippen molar-refractivity contribution < 1.29 is 9.90 Å². The molecule has 3 rings (SSSR count). The van der Waals surface area contributed by atoms with Gasteiger partial charge in [0.2, 0.25) is 0 Å². The number of aromatic amines is 1. The summed E-state index contributed by atoms with van der Waals surface area (Å²) in [7, 11) is 0. The molecule has 2 aromatic rings. The fourth-order valence-electron chi connectivity index (χ4n) is 2.52. The minimum absolute atomic E-state index is 0.249. The average Bonchev–Trinajstić information content (AvgIpc) is 2.46. The normalized spacial score (nSPS) is 17.6. The number of nitrogens with one attached hydrogen (secondary N) is 1. The molecule has 1 atom stereocenters. The minimum atomic E-state index is -0.869. The van der Waals surface area contributed by atoms with Crippen LogP contribution in [0.1, 0.15) is 17.0 Å². The van der Waals surface area contributed by atoms with Gasteiger partial charge in [0.25, 0.3) is 5.56 Å². The topological polar surface area (TPSA) is 86.3 Å². The maximum atomic E-state index is 11.4. The summed E-state index contributed by atoms with van der Waals surface area (Å²) >= 11 is 0. The summed E-state index contributed by atoms with van der Waals surface area (Å²) < 4.78 is 0. The summed E-state index contributed by atoms with van der Waals surface area (Å²) in [6, 6.07) is 8.86. The number of fused-ring (bicyclic) bond motifs is 1. The third-order valence-electron chi connectivity index (χ3n) is 3.48. The molecule has 2 heterocycles. The van der Waals surface area contributed by atoms with Crippen LogP contribution in [0.4, 0.5) is 5.82 Å². The van der Waals surface area contributed by atoms with E-state index in [0.29, 0.717) is 18.9 Å². The molecule has 102 valence electrons. The zero-order chi connectivity index (χ0) is 14.1. The second kappa shape index (κ2) is 4.80. The Morgan fingerprint density at radius 1 is 1.40 bits per heavy atom. The Bertz CT molecular complexity index is 711. The van der Waals surface area contributed by atoms with E-state index in [1.54, 1.807) is 0 Å². The van der Waals surface area contributed by atoms with Crippen LogP contribution >= 0.6 is 0 Å². The van der Waals surface area contributed by atoms with Gasteiger partial charge in [0, 0.05) is 19.2 Å². The number of nitrogens with zero attached hydrogens (tertiary/aromatic N) is 2. The first kappa shape index (κ1) is 12.4. The summed E-state index contributed by atoms with van der Waals surface area (Å²) in [6.45, 7) is 0.860. The molecule has 1 aromatic carbocycles. The quantitative estimate of drug-likeness (QED) is 0.849. The van der Waals surface area contributed by atoms with E-state index in [9.17, 15) is 14.7 Å². The van der Waals surface area contributed by atoms with Crippen molar-refractivity contribution in [1.82, 2.24) is 9.97 Å². The van der Waals surface area contributed by atoms with Gasteiger partial charge >= 0.3 is 5.97 Å². The van der Waals surface area contributed by atoms with Crippen molar-refractivity contribution in [1.29, 1.82) is 0 Å². The number of hydrogen-bond donors (Lipinski definition) is 2. The molecule has 2 N–H and O–H groups in total. The smallest absolute Gasteiger partial charge is 0.312 e. The lowest BCUT2D eigenvalue weighted by atomic mass is 9.90. The van der Waals surface area contributed by atoms with Gasteiger partial charge < -0.3 is 15.0 Å². The number of aliphatic carboxylic acids is 1. The van der Waals surface area contributed by atoms with Crippen molar-refractivity contribution >= 4 is 11.8 Å². The second-order valence-corrected chi connectivity index (χ2v) is 4.74. The van der Waals surface area contributed by atoms with Crippen LogP contribution in [0.15, 0.2) is 41.5 Å². The minimum Gasteiger partial charge on any atom is -0.481 e. The first-order chi connectivity index (χ1) is 9.65. The number of anilines is 1. The van der Waals surface area contributed by atoms with Crippen molar-refractivity contribution in [3.8, 4) is 0 Å². The Kier molecular flexibility index (Phi) is 2.98. The molecule has 0 saturated carbocycles. The van der Waals surface area contributed by atoms with E-state index in [2.05, 4.69) is 9.97 Å². The van der Waals surface area contributed by atoms with Crippen LogP contribution in [0, 0.1) is 0 Å². The first-order valence-corrected chi connectivity index (χ1v) is 6.25. The summed E-state index contributed by atoms with van der Waals surface area (Å²) in [4.78, 5) is 31.2. The van der Waals surface area contributed by atoms with E-state index in [1.807, 2.05) is 29.2 Å². The number of H-pyrrole nitrogens is 1. The molecule has 0 radical (unpaired) electrons. The summed E-state index contributed by atoms with van der Waals surface area (Å²) in [5.74, 6) is -0.984. The Morgan fingerprint density at radius 2 is 2.20 bits per heavy atom. The molecule has 1 aromatic heterocycles. The fourth-order valence-corrected chi connectivity index (χ4v) is 2.52. The number of carbonyl (C=O) groups is 1. The number of hydrogen-bond acceptors (Lipinski definition) is 4. The van der Waals surface area contributed by atoms with Gasteiger partial charge in [-0.3, -0.25) is 9.59 Å². The van der Waals surface area contributed by atoms with Crippen LogP contribution < -0.4 is 10.5 Å². The largest absolute Gasteiger partial charge is 0.481 e. The van der Waals surface area contributed by atoms with Crippen molar-refractivity contribution in [2.24, 2.45) is 0 Å². The highest BCUT2D eigenvalue weighted by Crippen LogP contribution is 2.30. The second-order valence-electron chi connectivity index (χ2n) is 4.74. The van der Waals surface area contributed by atoms with Crippen molar-refractivity contribution in [3.05, 3.63) is 58.1 Å².